The van der Waals surface area contributed by atoms with Crippen LogP contribution in [0.2, 0.25) is 0 Å². The number of ether oxygens (including phenoxy) is 3. The maximum atomic E-state index is 11.8. The van der Waals surface area contributed by atoms with E-state index in [2.05, 4.69) is 13.8 Å². The monoisotopic (exact) mass is 528 g/mol. The van der Waals surface area contributed by atoms with E-state index < -0.39 is 10.1 Å². The van der Waals surface area contributed by atoms with Crippen molar-refractivity contribution in [3.8, 4) is 0 Å². The van der Waals surface area contributed by atoms with Gasteiger partial charge < -0.3 is 19.3 Å². The molecule has 4 aliphatic carbocycles. The molecule has 11 atom stereocenters. The number of carbonyl (C=O) groups is 1. The summed E-state index contributed by atoms with van der Waals surface area (Å²) >= 11 is 0. The van der Waals surface area contributed by atoms with Gasteiger partial charge in [-0.3, -0.25) is 8.98 Å². The molecular formula is C27H44O8S. The Balaban J connectivity index is 1.28. The highest BCUT2D eigenvalue weighted by atomic mass is 32.2. The van der Waals surface area contributed by atoms with E-state index in [0.717, 1.165) is 57.6 Å². The Kier molecular flexibility index (Phi) is 7.29. The second kappa shape index (κ2) is 9.78. The largest absolute Gasteiger partial charge is 0.469 e. The van der Waals surface area contributed by atoms with Crippen LogP contribution in [-0.2, 0) is 33.3 Å². The molecule has 206 valence electrons. The van der Waals surface area contributed by atoms with Gasteiger partial charge in [-0.15, -0.1) is 0 Å². The number of aliphatic hydroxyl groups is 1. The van der Waals surface area contributed by atoms with Crippen LogP contribution in [0.4, 0.5) is 0 Å². The second-order valence-electron chi connectivity index (χ2n) is 12.7. The molecule has 2 unspecified atom stereocenters. The van der Waals surface area contributed by atoms with Crippen molar-refractivity contribution in [1.82, 2.24) is 0 Å². The molecule has 1 heterocycles. The van der Waals surface area contributed by atoms with E-state index in [4.69, 9.17) is 18.4 Å². The van der Waals surface area contributed by atoms with Crippen LogP contribution >= 0.6 is 0 Å². The molecule has 0 bridgehead atoms. The van der Waals surface area contributed by atoms with Crippen molar-refractivity contribution in [2.45, 2.75) is 96.1 Å². The first-order chi connectivity index (χ1) is 17.0. The van der Waals surface area contributed by atoms with Gasteiger partial charge in [0.2, 0.25) is 0 Å². The Morgan fingerprint density at radius 3 is 2.53 bits per heavy atom. The predicted octanol–water partition coefficient (Wildman–Crippen LogP) is 3.31. The topological polar surface area (TPSA) is 108 Å². The minimum Gasteiger partial charge on any atom is -0.469 e. The molecule has 0 aromatic rings. The minimum atomic E-state index is -3.45. The number of methoxy groups -OCH3 is 1. The van der Waals surface area contributed by atoms with Crippen molar-refractivity contribution < 1.29 is 36.7 Å². The van der Waals surface area contributed by atoms with Crippen LogP contribution in [0, 0.1) is 40.4 Å². The first-order valence-corrected chi connectivity index (χ1v) is 15.7. The number of fused-ring (bicyclic) bond motifs is 4. The van der Waals surface area contributed by atoms with Gasteiger partial charge in [-0.1, -0.05) is 13.8 Å². The van der Waals surface area contributed by atoms with Crippen LogP contribution in [0.15, 0.2) is 0 Å². The maximum Gasteiger partial charge on any atom is 0.305 e. The van der Waals surface area contributed by atoms with Gasteiger partial charge in [0.05, 0.1) is 51.0 Å². The fourth-order valence-electron chi connectivity index (χ4n) is 9.47. The fraction of sp³-hybridized carbons (Fsp3) is 0.963. The zero-order valence-electron chi connectivity index (χ0n) is 22.2. The van der Waals surface area contributed by atoms with E-state index in [9.17, 15) is 18.3 Å². The lowest BCUT2D eigenvalue weighted by atomic mass is 9.43. The molecule has 0 amide bonds. The Morgan fingerprint density at radius 1 is 1.06 bits per heavy atom. The zero-order chi connectivity index (χ0) is 25.9. The van der Waals surface area contributed by atoms with Crippen molar-refractivity contribution in [1.29, 1.82) is 0 Å². The fourth-order valence-corrected chi connectivity index (χ4v) is 9.84. The SMILES string of the molecule is COC(=O)CCC1O[C@H]2C[C@H]3[C@@H]([C@H](O)C[C@@H]4C[C@@H](OCCOS(C)(=O)=O)CC[C@@]43C)[C@@H]3CCC1[C@@]23C. The molecule has 0 radical (unpaired) electrons. The maximum absolute atomic E-state index is 11.8. The normalized spacial score (nSPS) is 47.6. The van der Waals surface area contributed by atoms with Gasteiger partial charge in [0.1, 0.15) is 0 Å². The van der Waals surface area contributed by atoms with Crippen LogP contribution in [0.1, 0.15) is 71.6 Å². The molecule has 8 nitrogen and oxygen atoms in total. The van der Waals surface area contributed by atoms with Crippen molar-refractivity contribution in [3.63, 3.8) is 0 Å². The van der Waals surface area contributed by atoms with Gasteiger partial charge >= 0.3 is 5.97 Å². The standard InChI is InChI=1S/C27H44O8S/c1-26-10-9-17(33-11-12-34-36(4,30)31)13-16(26)14-21(28)25-19-6-5-18-22(7-8-24(29)32-3)35-23(15-20(25)26)27(18,19)2/h16-23,25,28H,5-15H2,1-4H3/t16-,17-,18?,19-,20-,21+,22?,23-,25-,26-,27+/m0/s1. The van der Waals surface area contributed by atoms with Gasteiger partial charge in [-0.05, 0) is 86.4 Å². The van der Waals surface area contributed by atoms with Crippen LogP contribution in [0.25, 0.3) is 0 Å². The van der Waals surface area contributed by atoms with Crippen molar-refractivity contribution in [2.24, 2.45) is 40.4 Å². The molecule has 1 aliphatic heterocycles. The summed E-state index contributed by atoms with van der Waals surface area (Å²) in [5.41, 5.74) is 0.214. The number of rotatable bonds is 8. The number of esters is 1. The van der Waals surface area contributed by atoms with Crippen molar-refractivity contribution in [2.75, 3.05) is 26.6 Å². The Morgan fingerprint density at radius 2 is 1.81 bits per heavy atom. The summed E-state index contributed by atoms with van der Waals surface area (Å²) < 4.78 is 44.9. The molecule has 9 heteroatoms. The van der Waals surface area contributed by atoms with E-state index in [-0.39, 0.29) is 54.4 Å². The van der Waals surface area contributed by atoms with E-state index in [1.54, 1.807) is 0 Å². The number of hydrogen-bond donors (Lipinski definition) is 1. The number of aliphatic hydroxyl groups excluding tert-OH is 1. The Bertz CT molecular complexity index is 938. The summed E-state index contributed by atoms with van der Waals surface area (Å²) in [5, 5.41) is 11.5. The molecule has 5 fully saturated rings. The van der Waals surface area contributed by atoms with Crippen LogP contribution in [0.3, 0.4) is 0 Å². The summed E-state index contributed by atoms with van der Waals surface area (Å²) in [6, 6.07) is 0. The average molecular weight is 529 g/mol. The average Bonchev–Trinajstić information content (AvgIpc) is 3.31. The van der Waals surface area contributed by atoms with E-state index in [1.165, 1.54) is 7.11 Å². The summed E-state index contributed by atoms with van der Waals surface area (Å²) in [7, 11) is -2.01. The molecule has 0 aromatic carbocycles. The van der Waals surface area contributed by atoms with E-state index in [1.807, 2.05) is 0 Å². The third-order valence-electron chi connectivity index (χ3n) is 11.2. The van der Waals surface area contributed by atoms with Gasteiger partial charge in [0, 0.05) is 11.8 Å². The Labute approximate surface area is 215 Å². The zero-order valence-corrected chi connectivity index (χ0v) is 23.0. The molecule has 1 saturated heterocycles. The van der Waals surface area contributed by atoms with Crippen LogP contribution in [0.5, 0.6) is 0 Å². The highest BCUT2D eigenvalue weighted by Crippen LogP contribution is 2.70. The molecule has 0 spiro atoms. The van der Waals surface area contributed by atoms with Crippen molar-refractivity contribution in [3.05, 3.63) is 0 Å². The lowest BCUT2D eigenvalue weighted by molar-refractivity contribution is -0.195. The highest BCUT2D eigenvalue weighted by Gasteiger charge is 2.69. The second-order valence-corrected chi connectivity index (χ2v) is 14.3. The summed E-state index contributed by atoms with van der Waals surface area (Å²) in [4.78, 5) is 11.8. The van der Waals surface area contributed by atoms with Crippen LogP contribution < -0.4 is 0 Å². The van der Waals surface area contributed by atoms with Gasteiger partial charge in [-0.25, -0.2) is 0 Å². The van der Waals surface area contributed by atoms with Gasteiger partial charge in [-0.2, -0.15) is 8.42 Å². The number of carbonyl (C=O) groups excluding carboxylic acids is 1. The van der Waals surface area contributed by atoms with Gasteiger partial charge in [0.15, 0.2) is 0 Å². The molecule has 36 heavy (non-hydrogen) atoms. The molecule has 5 rings (SSSR count). The number of hydrogen-bond acceptors (Lipinski definition) is 8. The summed E-state index contributed by atoms with van der Waals surface area (Å²) in [6.07, 6.45) is 9.17. The lowest BCUT2D eigenvalue weighted by Crippen LogP contribution is -2.61. The predicted molar refractivity (Wildman–Crippen MR) is 132 cm³/mol. The highest BCUT2D eigenvalue weighted by molar-refractivity contribution is 7.85. The first kappa shape index (κ1) is 26.9. The van der Waals surface area contributed by atoms with Crippen LogP contribution in [-0.4, -0.2) is 70.5 Å². The molecule has 4 saturated carbocycles. The van der Waals surface area contributed by atoms with E-state index >= 15 is 0 Å². The third kappa shape index (κ3) is 4.55. The van der Waals surface area contributed by atoms with Gasteiger partial charge in [0.25, 0.3) is 10.1 Å². The lowest BCUT2D eigenvalue weighted by Gasteiger charge is -2.62. The molecular weight excluding hydrogens is 484 g/mol. The molecule has 5 aliphatic rings. The summed E-state index contributed by atoms with van der Waals surface area (Å²) in [6.45, 7) is 5.14. The summed E-state index contributed by atoms with van der Waals surface area (Å²) in [5.74, 6) is 1.84. The van der Waals surface area contributed by atoms with Crippen molar-refractivity contribution >= 4 is 16.1 Å². The Hall–Kier alpha value is -0.740. The van der Waals surface area contributed by atoms with E-state index in [0.29, 0.717) is 36.0 Å². The molecule has 0 aromatic heterocycles. The quantitative estimate of drug-likeness (QED) is 0.290. The molecule has 1 N–H and O–H groups in total. The smallest absolute Gasteiger partial charge is 0.305 e. The minimum absolute atomic E-state index is 0.0438. The first-order valence-electron chi connectivity index (χ1n) is 13.8. The third-order valence-corrected chi connectivity index (χ3v) is 11.8.